The first-order valence-electron chi connectivity index (χ1n) is 8.78. The van der Waals surface area contributed by atoms with Crippen LogP contribution in [0.2, 0.25) is 0 Å². The number of hydrogen-bond donors (Lipinski definition) is 0. The van der Waals surface area contributed by atoms with Crippen molar-refractivity contribution in [3.05, 3.63) is 107 Å². The molecule has 1 heterocycles. The molecule has 3 aromatic rings. The highest BCUT2D eigenvalue weighted by Crippen LogP contribution is 2.14. The van der Waals surface area contributed by atoms with Gasteiger partial charge in [-0.05, 0) is 53.5 Å². The van der Waals surface area contributed by atoms with E-state index in [1.54, 1.807) is 35.5 Å². The molecule has 136 valence electrons. The van der Waals surface area contributed by atoms with E-state index in [0.29, 0.717) is 13.1 Å². The van der Waals surface area contributed by atoms with Crippen LogP contribution < -0.4 is 0 Å². The smallest absolute Gasteiger partial charge is 0.247 e. The van der Waals surface area contributed by atoms with E-state index in [-0.39, 0.29) is 11.7 Å². The molecule has 0 saturated heterocycles. The Morgan fingerprint density at radius 3 is 2.52 bits per heavy atom. The highest BCUT2D eigenvalue weighted by atomic mass is 19.1. The minimum absolute atomic E-state index is 0.105. The van der Waals surface area contributed by atoms with Crippen LogP contribution in [0.4, 0.5) is 4.39 Å². The van der Waals surface area contributed by atoms with Crippen molar-refractivity contribution in [2.75, 3.05) is 0 Å². The van der Waals surface area contributed by atoms with Crippen LogP contribution in [0.3, 0.4) is 0 Å². The second-order valence-electron chi connectivity index (χ2n) is 6.37. The van der Waals surface area contributed by atoms with E-state index in [2.05, 4.69) is 4.98 Å². The number of halogens is 1. The van der Waals surface area contributed by atoms with Crippen LogP contribution in [-0.2, 0) is 17.9 Å². The summed E-state index contributed by atoms with van der Waals surface area (Å²) >= 11 is 0. The van der Waals surface area contributed by atoms with Gasteiger partial charge in [0.15, 0.2) is 0 Å². The van der Waals surface area contributed by atoms with Gasteiger partial charge in [0.05, 0.1) is 0 Å². The topological polar surface area (TPSA) is 33.2 Å². The van der Waals surface area contributed by atoms with E-state index in [1.165, 1.54) is 18.2 Å². The number of nitrogens with zero attached hydrogens (tertiary/aromatic N) is 2. The zero-order valence-corrected chi connectivity index (χ0v) is 15.2. The Kier molecular flexibility index (Phi) is 6.10. The molecule has 0 atom stereocenters. The van der Waals surface area contributed by atoms with E-state index in [9.17, 15) is 9.18 Å². The number of aromatic nitrogens is 1. The SMILES string of the molecule is Cc1ccccc1CN(Cc1cccnc1)C(=O)/C=C/c1ccc(F)cc1. The van der Waals surface area contributed by atoms with Crippen LogP contribution in [0.15, 0.2) is 79.1 Å². The summed E-state index contributed by atoms with van der Waals surface area (Å²) in [5.74, 6) is -0.400. The highest BCUT2D eigenvalue weighted by Gasteiger charge is 2.13. The number of hydrogen-bond acceptors (Lipinski definition) is 2. The number of rotatable bonds is 6. The van der Waals surface area contributed by atoms with Crippen molar-refractivity contribution in [2.24, 2.45) is 0 Å². The molecule has 0 aliphatic rings. The van der Waals surface area contributed by atoms with Gasteiger partial charge >= 0.3 is 0 Å². The Labute approximate surface area is 158 Å². The lowest BCUT2D eigenvalue weighted by Crippen LogP contribution is -2.28. The van der Waals surface area contributed by atoms with Crippen molar-refractivity contribution >= 4 is 12.0 Å². The van der Waals surface area contributed by atoms with Crippen LogP contribution in [0.5, 0.6) is 0 Å². The largest absolute Gasteiger partial charge is 0.330 e. The standard InChI is InChI=1S/C23H21FN2O/c1-18-5-2-3-7-21(18)17-26(16-20-6-4-14-25-15-20)23(27)13-10-19-8-11-22(24)12-9-19/h2-15H,16-17H2,1H3/b13-10+. The summed E-state index contributed by atoms with van der Waals surface area (Å²) in [6.45, 7) is 3.01. The van der Waals surface area contributed by atoms with E-state index in [4.69, 9.17) is 0 Å². The summed E-state index contributed by atoms with van der Waals surface area (Å²) in [6.07, 6.45) is 6.71. The van der Waals surface area contributed by atoms with Crippen molar-refractivity contribution in [3.8, 4) is 0 Å². The summed E-state index contributed by atoms with van der Waals surface area (Å²) in [5.41, 5.74) is 3.99. The van der Waals surface area contributed by atoms with Gasteiger partial charge in [0, 0.05) is 31.6 Å². The molecule has 0 bridgehead atoms. The molecule has 1 amide bonds. The van der Waals surface area contributed by atoms with Crippen molar-refractivity contribution in [1.82, 2.24) is 9.88 Å². The minimum atomic E-state index is -0.295. The maximum absolute atomic E-state index is 13.0. The molecule has 0 aliphatic heterocycles. The van der Waals surface area contributed by atoms with Crippen molar-refractivity contribution in [1.29, 1.82) is 0 Å². The van der Waals surface area contributed by atoms with Crippen molar-refractivity contribution in [2.45, 2.75) is 20.0 Å². The number of amides is 1. The van der Waals surface area contributed by atoms with Gasteiger partial charge in [-0.25, -0.2) is 4.39 Å². The van der Waals surface area contributed by atoms with Gasteiger partial charge < -0.3 is 4.90 Å². The molecule has 4 heteroatoms. The summed E-state index contributed by atoms with van der Waals surface area (Å²) in [4.78, 5) is 18.8. The fraction of sp³-hybridized carbons (Fsp3) is 0.130. The van der Waals surface area contributed by atoms with Crippen LogP contribution in [-0.4, -0.2) is 15.8 Å². The molecule has 0 N–H and O–H groups in total. The number of carbonyl (C=O) groups is 1. The lowest BCUT2D eigenvalue weighted by atomic mass is 10.1. The molecule has 3 nitrogen and oxygen atoms in total. The Bertz CT molecular complexity index is 921. The van der Waals surface area contributed by atoms with E-state index >= 15 is 0 Å². The number of aryl methyl sites for hydroxylation is 1. The zero-order chi connectivity index (χ0) is 19.1. The molecule has 2 aromatic carbocycles. The second-order valence-corrected chi connectivity index (χ2v) is 6.37. The van der Waals surface area contributed by atoms with Gasteiger partial charge in [-0.15, -0.1) is 0 Å². The molecule has 0 saturated carbocycles. The maximum atomic E-state index is 13.0. The van der Waals surface area contributed by atoms with Crippen LogP contribution >= 0.6 is 0 Å². The Balaban J connectivity index is 1.80. The van der Waals surface area contributed by atoms with Crippen LogP contribution in [0.25, 0.3) is 6.08 Å². The minimum Gasteiger partial charge on any atom is -0.330 e. The average molecular weight is 360 g/mol. The number of carbonyl (C=O) groups excluding carboxylic acids is 1. The highest BCUT2D eigenvalue weighted by molar-refractivity contribution is 5.91. The summed E-state index contributed by atoms with van der Waals surface area (Å²) < 4.78 is 13.0. The van der Waals surface area contributed by atoms with Gasteiger partial charge in [0.25, 0.3) is 0 Å². The van der Waals surface area contributed by atoms with Crippen LogP contribution in [0.1, 0.15) is 22.3 Å². The predicted molar refractivity (Wildman–Crippen MR) is 105 cm³/mol. The second kappa shape index (κ2) is 8.90. The Morgan fingerprint density at radius 1 is 1.04 bits per heavy atom. The van der Waals surface area contributed by atoms with Gasteiger partial charge in [0.2, 0.25) is 5.91 Å². The molecular formula is C23H21FN2O. The third-order valence-electron chi connectivity index (χ3n) is 4.32. The molecule has 1 aromatic heterocycles. The third kappa shape index (κ3) is 5.35. The van der Waals surface area contributed by atoms with Gasteiger partial charge in [-0.1, -0.05) is 42.5 Å². The molecule has 0 spiro atoms. The summed E-state index contributed by atoms with van der Waals surface area (Å²) in [6, 6.07) is 17.9. The molecule has 27 heavy (non-hydrogen) atoms. The quantitative estimate of drug-likeness (QED) is 0.593. The first-order chi connectivity index (χ1) is 13.1. The fourth-order valence-electron chi connectivity index (χ4n) is 2.76. The first-order valence-corrected chi connectivity index (χ1v) is 8.78. The third-order valence-corrected chi connectivity index (χ3v) is 4.32. The van der Waals surface area contributed by atoms with Gasteiger partial charge in [0.1, 0.15) is 5.82 Å². The molecule has 0 radical (unpaired) electrons. The van der Waals surface area contributed by atoms with Gasteiger partial charge in [-0.3, -0.25) is 9.78 Å². The van der Waals surface area contributed by atoms with Crippen LogP contribution in [0, 0.1) is 12.7 Å². The monoisotopic (exact) mass is 360 g/mol. The van der Waals surface area contributed by atoms with Crippen molar-refractivity contribution < 1.29 is 9.18 Å². The van der Waals surface area contributed by atoms with Crippen molar-refractivity contribution in [3.63, 3.8) is 0 Å². The Morgan fingerprint density at radius 2 is 1.81 bits per heavy atom. The fourth-order valence-corrected chi connectivity index (χ4v) is 2.76. The lowest BCUT2D eigenvalue weighted by molar-refractivity contribution is -0.127. The van der Waals surface area contributed by atoms with E-state index < -0.39 is 0 Å². The molecule has 0 unspecified atom stereocenters. The lowest BCUT2D eigenvalue weighted by Gasteiger charge is -2.22. The average Bonchev–Trinajstić information content (AvgIpc) is 2.69. The molecule has 0 aliphatic carbocycles. The molecule has 0 fully saturated rings. The van der Waals surface area contributed by atoms with Gasteiger partial charge in [-0.2, -0.15) is 0 Å². The summed E-state index contributed by atoms with van der Waals surface area (Å²) in [7, 11) is 0. The molecule has 3 rings (SSSR count). The Hall–Kier alpha value is -3.27. The van der Waals surface area contributed by atoms with E-state index in [0.717, 1.165) is 22.3 Å². The normalized spacial score (nSPS) is 10.9. The van der Waals surface area contributed by atoms with E-state index in [1.807, 2.05) is 43.3 Å². The predicted octanol–water partition coefficient (Wildman–Crippen LogP) is 4.77. The molecular weight excluding hydrogens is 339 g/mol. The first kappa shape index (κ1) is 18.5. The zero-order valence-electron chi connectivity index (χ0n) is 15.2. The maximum Gasteiger partial charge on any atom is 0.247 e. The number of pyridine rings is 1. The number of benzene rings is 2. The summed E-state index contributed by atoms with van der Waals surface area (Å²) in [5, 5.41) is 0.